The van der Waals surface area contributed by atoms with Crippen molar-refractivity contribution in [3.05, 3.63) is 351 Å². The average molecular weight is 1440 g/mol. The zero-order valence-electron chi connectivity index (χ0n) is 61.3. The number of para-hydroxylation sites is 2. The van der Waals surface area contributed by atoms with Crippen molar-refractivity contribution in [2.75, 3.05) is 9.80 Å². The van der Waals surface area contributed by atoms with Gasteiger partial charge in [-0.1, -0.05) is 260 Å². The molecule has 0 saturated carbocycles. The highest BCUT2D eigenvalue weighted by Gasteiger charge is 2.29. The molecule has 0 unspecified atom stereocenters. The van der Waals surface area contributed by atoms with E-state index in [0.717, 1.165) is 116 Å². The van der Waals surface area contributed by atoms with Gasteiger partial charge in [-0.2, -0.15) is 0 Å². The van der Waals surface area contributed by atoms with Crippen LogP contribution in [0.15, 0.2) is 353 Å². The van der Waals surface area contributed by atoms with Crippen LogP contribution in [0.3, 0.4) is 0 Å². The van der Waals surface area contributed by atoms with Crippen LogP contribution in [-0.4, -0.2) is 0 Å². The van der Waals surface area contributed by atoms with Gasteiger partial charge in [0.1, 0.15) is 22.3 Å². The van der Waals surface area contributed by atoms with Crippen LogP contribution < -0.4 is 9.80 Å². The Morgan fingerprint density at radius 1 is 0.248 bits per heavy atom. The number of anilines is 6. The van der Waals surface area contributed by atoms with Gasteiger partial charge in [-0.05, 0) is 192 Å². The molecule has 0 aliphatic heterocycles. The molecule has 21 aromatic rings. The van der Waals surface area contributed by atoms with Crippen molar-refractivity contribution in [1.29, 1.82) is 0 Å². The first-order valence-electron chi connectivity index (χ1n) is 37.4. The monoisotopic (exact) mass is 1440 g/mol. The average Bonchev–Trinajstić information content (AvgIpc) is 1.57. The molecule has 522 valence electrons. The van der Waals surface area contributed by atoms with Gasteiger partial charge in [0, 0.05) is 92.1 Å². The van der Waals surface area contributed by atoms with Crippen LogP contribution in [0, 0.1) is 0 Å². The van der Waals surface area contributed by atoms with Crippen LogP contribution in [0.5, 0.6) is 0 Å². The zero-order valence-corrected chi connectivity index (χ0v) is 62.9. The number of nitrogens with zero attached hydrogens (tertiary/aromatic N) is 2. The lowest BCUT2D eigenvalue weighted by Gasteiger charge is -2.27. The lowest BCUT2D eigenvalue weighted by Crippen LogP contribution is -2.11. The van der Waals surface area contributed by atoms with Crippen LogP contribution in [0.2, 0.25) is 0 Å². The van der Waals surface area contributed by atoms with Crippen molar-refractivity contribution in [3.63, 3.8) is 0 Å². The molecule has 21 rings (SSSR count). The van der Waals surface area contributed by atoms with E-state index in [9.17, 15) is 0 Å². The lowest BCUT2D eigenvalue weighted by atomic mass is 9.86. The maximum absolute atomic E-state index is 6.92. The van der Waals surface area contributed by atoms with Crippen molar-refractivity contribution >= 4 is 174 Å². The Morgan fingerprint density at radius 2 is 0.651 bits per heavy atom. The van der Waals surface area contributed by atoms with E-state index in [2.05, 4.69) is 379 Å². The van der Waals surface area contributed by atoms with Crippen LogP contribution in [0.1, 0.15) is 52.7 Å². The highest BCUT2D eigenvalue weighted by atomic mass is 32.1. The van der Waals surface area contributed by atoms with E-state index in [1.807, 2.05) is 23.5 Å². The van der Waals surface area contributed by atoms with Crippen molar-refractivity contribution in [2.45, 2.75) is 52.4 Å². The molecule has 5 heterocycles. The van der Waals surface area contributed by atoms with Gasteiger partial charge >= 0.3 is 0 Å². The van der Waals surface area contributed by atoms with E-state index < -0.39 is 0 Å². The molecular formula is C102H74N2O3S2. The zero-order chi connectivity index (χ0) is 73.2. The van der Waals surface area contributed by atoms with Gasteiger partial charge in [0.25, 0.3) is 0 Å². The summed E-state index contributed by atoms with van der Waals surface area (Å²) in [5.41, 5.74) is 24.1. The Balaban J connectivity index is 0.000000149. The standard InChI is InChI=1S/C58H35NO2S.C44H39NOS/c1-3-12-36(13-4-1)40-24-30-53-48(32-40)49-35-51(56-50-33-41(37-14-5-2-6-15-37)25-31-55(50)62-58(56)57(49)61-53)59(43-28-29-47-46-19-9-10-21-52(46)60-54(47)34-43)42-26-22-39(23-27-42)45-20-11-17-38-16-7-8-18-44(38)45;1-43(2,3)30-19-23-38-34(25-30)35-27-37(40-36-26-31(44(4,5)6)20-24-39(36)47-42(40)41(35)46-38)45(32-15-11-8-12-16-32)33-21-17-29(18-22-33)28-13-9-7-10-14-28/h1-35H;7-27H,1-6H3. The molecule has 5 nitrogen and oxygen atoms in total. The second-order valence-corrected chi connectivity index (χ2v) is 32.8. The number of rotatable bonds is 10. The summed E-state index contributed by atoms with van der Waals surface area (Å²) in [6.45, 7) is 13.7. The quantitative estimate of drug-likeness (QED) is 0.137. The summed E-state index contributed by atoms with van der Waals surface area (Å²) in [6, 6.07) is 123. The number of fused-ring (bicyclic) bond motifs is 18. The largest absolute Gasteiger partial charge is 0.456 e. The fourth-order valence-electron chi connectivity index (χ4n) is 16.2. The second kappa shape index (κ2) is 26.0. The summed E-state index contributed by atoms with van der Waals surface area (Å²) in [7, 11) is 0. The third-order valence-electron chi connectivity index (χ3n) is 21.8. The smallest absolute Gasteiger partial charge is 0.153 e. The first-order valence-corrected chi connectivity index (χ1v) is 39.0. The third-order valence-corrected chi connectivity index (χ3v) is 24.2. The Morgan fingerprint density at radius 3 is 1.26 bits per heavy atom. The SMILES string of the molecule is CC(C)(C)c1ccc2oc3c(cc(N(c4ccccc4)c4ccc(-c5ccccc5)cc4)c4c5cc(C(C)(C)C)ccc5sc34)c2c1.c1ccc(-c2ccc3oc4c(cc(N(c5ccc(-c6cccc7ccccc67)cc5)c5ccc6c(c5)oc5ccccc56)c5c6cc(-c7ccccc7)ccc6sc45)c3c2)cc1. The Labute approximate surface area is 640 Å². The Kier molecular flexibility index (Phi) is 15.7. The maximum atomic E-state index is 6.92. The predicted octanol–water partition coefficient (Wildman–Crippen LogP) is 31.2. The first kappa shape index (κ1) is 65.7. The molecule has 16 aromatic carbocycles. The summed E-state index contributed by atoms with van der Waals surface area (Å²) in [6.07, 6.45) is 0. The molecule has 0 fully saturated rings. The molecule has 7 heteroatoms. The maximum Gasteiger partial charge on any atom is 0.153 e. The summed E-state index contributed by atoms with van der Waals surface area (Å²) in [5, 5.41) is 14.0. The number of benzene rings is 16. The normalized spacial score (nSPS) is 12.1. The highest BCUT2D eigenvalue weighted by molar-refractivity contribution is 7.27. The predicted molar refractivity (Wildman–Crippen MR) is 467 cm³/mol. The number of hydrogen-bond donors (Lipinski definition) is 0. The molecule has 0 radical (unpaired) electrons. The van der Waals surface area contributed by atoms with E-state index in [4.69, 9.17) is 13.3 Å². The highest BCUT2D eigenvalue weighted by Crippen LogP contribution is 2.54. The van der Waals surface area contributed by atoms with Crippen LogP contribution in [0.4, 0.5) is 34.1 Å². The van der Waals surface area contributed by atoms with Gasteiger partial charge in [-0.3, -0.25) is 0 Å². The molecular weight excluding hydrogens is 1370 g/mol. The van der Waals surface area contributed by atoms with E-state index in [-0.39, 0.29) is 10.8 Å². The van der Waals surface area contributed by atoms with E-state index in [0.29, 0.717) is 0 Å². The third kappa shape index (κ3) is 11.5. The van der Waals surface area contributed by atoms with E-state index >= 15 is 0 Å². The van der Waals surface area contributed by atoms with Crippen LogP contribution in [-0.2, 0) is 10.8 Å². The molecule has 0 spiro atoms. The summed E-state index contributed by atoms with van der Waals surface area (Å²) >= 11 is 3.64. The topological polar surface area (TPSA) is 45.9 Å². The Bertz CT molecular complexity index is 7090. The molecule has 0 aliphatic carbocycles. The number of thiophene rings is 2. The second-order valence-electron chi connectivity index (χ2n) is 30.7. The van der Waals surface area contributed by atoms with Gasteiger partial charge in [0.15, 0.2) is 11.2 Å². The van der Waals surface area contributed by atoms with Crippen molar-refractivity contribution < 1.29 is 13.3 Å². The van der Waals surface area contributed by atoms with E-state index in [1.165, 1.54) is 91.1 Å². The fourth-order valence-corrected chi connectivity index (χ4v) is 18.6. The van der Waals surface area contributed by atoms with Crippen molar-refractivity contribution in [2.24, 2.45) is 0 Å². The van der Waals surface area contributed by atoms with Gasteiger partial charge in [0.2, 0.25) is 0 Å². The molecule has 0 saturated heterocycles. The fraction of sp³-hybridized carbons (Fsp3) is 0.0784. The van der Waals surface area contributed by atoms with Crippen molar-refractivity contribution in [3.8, 4) is 44.5 Å². The summed E-state index contributed by atoms with van der Waals surface area (Å²) in [4.78, 5) is 4.85. The van der Waals surface area contributed by atoms with Gasteiger partial charge in [-0.15, -0.1) is 22.7 Å². The minimum Gasteiger partial charge on any atom is -0.456 e. The molecule has 0 aliphatic rings. The minimum atomic E-state index is 0.0296. The van der Waals surface area contributed by atoms with Crippen molar-refractivity contribution in [1.82, 2.24) is 0 Å². The summed E-state index contributed by atoms with van der Waals surface area (Å²) < 4.78 is 25.0. The first-order chi connectivity index (χ1) is 53.3. The van der Waals surface area contributed by atoms with Gasteiger partial charge in [0.05, 0.1) is 20.8 Å². The molecule has 5 aromatic heterocycles. The van der Waals surface area contributed by atoms with E-state index in [1.54, 1.807) is 11.3 Å². The summed E-state index contributed by atoms with van der Waals surface area (Å²) in [5.74, 6) is 0. The minimum absolute atomic E-state index is 0.0296. The van der Waals surface area contributed by atoms with Crippen LogP contribution >= 0.6 is 22.7 Å². The van der Waals surface area contributed by atoms with Crippen LogP contribution in [0.25, 0.3) is 161 Å². The molecule has 0 atom stereocenters. The lowest BCUT2D eigenvalue weighted by molar-refractivity contribution is 0.590. The van der Waals surface area contributed by atoms with Gasteiger partial charge in [-0.25, -0.2) is 0 Å². The molecule has 0 bridgehead atoms. The molecule has 109 heavy (non-hydrogen) atoms. The molecule has 0 amide bonds. The number of furan rings is 3. The molecule has 0 N–H and O–H groups in total. The number of hydrogen-bond acceptors (Lipinski definition) is 7. The van der Waals surface area contributed by atoms with Gasteiger partial charge < -0.3 is 23.1 Å². The Hall–Kier alpha value is -12.8.